The molecule has 0 aliphatic rings. The summed E-state index contributed by atoms with van der Waals surface area (Å²) in [6.07, 6.45) is 0.481. The maximum atomic E-state index is 11.4. The second-order valence-corrected chi connectivity index (χ2v) is 5.07. The lowest BCUT2D eigenvalue weighted by Gasteiger charge is -2.12. The summed E-state index contributed by atoms with van der Waals surface area (Å²) in [6, 6.07) is 17.3. The molecule has 1 unspecified atom stereocenters. The predicted octanol–water partition coefficient (Wildman–Crippen LogP) is 4.22. The molecule has 0 N–H and O–H groups in total. The van der Waals surface area contributed by atoms with Gasteiger partial charge in [-0.15, -0.1) is 0 Å². The first-order chi connectivity index (χ1) is 9.61. The quantitative estimate of drug-likeness (QED) is 0.788. The molecule has 0 aliphatic carbocycles. The molecule has 2 rings (SSSR count). The Labute approximate surface area is 123 Å². The number of nitrogens with zero attached hydrogens (tertiary/aromatic N) is 1. The Morgan fingerprint density at radius 1 is 1.25 bits per heavy atom. The summed E-state index contributed by atoms with van der Waals surface area (Å²) < 4.78 is 0. The molecule has 0 saturated carbocycles. The van der Waals surface area contributed by atoms with Gasteiger partial charge >= 0.3 is 0 Å². The molecular formula is C17H14ClNO. The second kappa shape index (κ2) is 6.36. The number of carbonyl (C=O) groups is 1. The van der Waals surface area contributed by atoms with Crippen LogP contribution in [0.15, 0.2) is 48.5 Å². The fourth-order valence-electron chi connectivity index (χ4n) is 2.23. The van der Waals surface area contributed by atoms with Crippen LogP contribution in [0.1, 0.15) is 33.0 Å². The van der Waals surface area contributed by atoms with Gasteiger partial charge in [0.1, 0.15) is 0 Å². The van der Waals surface area contributed by atoms with Gasteiger partial charge in [0.2, 0.25) is 0 Å². The van der Waals surface area contributed by atoms with E-state index in [-0.39, 0.29) is 5.92 Å². The first-order valence-corrected chi connectivity index (χ1v) is 6.73. The zero-order valence-electron chi connectivity index (χ0n) is 11.1. The molecule has 0 amide bonds. The van der Waals surface area contributed by atoms with Crippen molar-refractivity contribution in [2.24, 2.45) is 0 Å². The van der Waals surface area contributed by atoms with Gasteiger partial charge in [-0.05, 0) is 42.1 Å². The zero-order valence-corrected chi connectivity index (χ0v) is 11.9. The molecule has 2 aromatic carbocycles. The van der Waals surface area contributed by atoms with Crippen molar-refractivity contribution in [2.45, 2.75) is 19.3 Å². The van der Waals surface area contributed by atoms with E-state index in [2.05, 4.69) is 6.07 Å². The van der Waals surface area contributed by atoms with Crippen molar-refractivity contribution in [2.75, 3.05) is 0 Å². The summed E-state index contributed by atoms with van der Waals surface area (Å²) in [5, 5.41) is 8.91. The third-order valence-corrected chi connectivity index (χ3v) is 3.46. The molecule has 0 radical (unpaired) electrons. The van der Waals surface area contributed by atoms with E-state index in [9.17, 15) is 10.1 Å². The summed E-state index contributed by atoms with van der Waals surface area (Å²) in [5.74, 6) is -0.285. The number of halogens is 1. The van der Waals surface area contributed by atoms with E-state index < -0.39 is 5.24 Å². The highest BCUT2D eigenvalue weighted by molar-refractivity contribution is 6.67. The van der Waals surface area contributed by atoms with Crippen LogP contribution in [-0.2, 0) is 6.42 Å². The number of aryl methyl sites for hydroxylation is 1. The molecule has 0 aliphatic heterocycles. The molecule has 3 heteroatoms. The van der Waals surface area contributed by atoms with Crippen LogP contribution in [0, 0.1) is 18.3 Å². The van der Waals surface area contributed by atoms with Gasteiger partial charge in [0.05, 0.1) is 12.0 Å². The highest BCUT2D eigenvalue weighted by atomic mass is 35.5. The lowest BCUT2D eigenvalue weighted by Crippen LogP contribution is -2.05. The summed E-state index contributed by atoms with van der Waals surface area (Å²) >= 11 is 5.58. The van der Waals surface area contributed by atoms with Crippen LogP contribution in [0.2, 0.25) is 0 Å². The minimum atomic E-state index is -0.485. The van der Waals surface area contributed by atoms with E-state index in [1.165, 1.54) is 0 Å². The smallest absolute Gasteiger partial charge is 0.252 e. The SMILES string of the molecule is Cc1cccc(C(C#N)Cc2ccccc2C(=O)Cl)c1. The molecule has 0 aromatic heterocycles. The van der Waals surface area contributed by atoms with E-state index in [0.717, 1.165) is 16.7 Å². The van der Waals surface area contributed by atoms with E-state index in [1.807, 2.05) is 43.3 Å². The minimum absolute atomic E-state index is 0.285. The molecule has 0 fully saturated rings. The Hall–Kier alpha value is -2.11. The second-order valence-electron chi connectivity index (χ2n) is 4.73. The van der Waals surface area contributed by atoms with Crippen molar-refractivity contribution in [3.63, 3.8) is 0 Å². The number of hydrogen-bond acceptors (Lipinski definition) is 2. The first kappa shape index (κ1) is 14.3. The Balaban J connectivity index is 2.33. The predicted molar refractivity (Wildman–Crippen MR) is 79.9 cm³/mol. The molecular weight excluding hydrogens is 270 g/mol. The fourth-order valence-corrected chi connectivity index (χ4v) is 2.42. The molecule has 1 atom stereocenters. The van der Waals surface area contributed by atoms with Crippen LogP contribution >= 0.6 is 11.6 Å². The molecule has 20 heavy (non-hydrogen) atoms. The number of benzene rings is 2. The lowest BCUT2D eigenvalue weighted by molar-refractivity contribution is 0.108. The summed E-state index contributed by atoms with van der Waals surface area (Å²) in [4.78, 5) is 11.4. The number of nitriles is 1. The Morgan fingerprint density at radius 3 is 2.65 bits per heavy atom. The van der Waals surface area contributed by atoms with Gasteiger partial charge in [0.15, 0.2) is 0 Å². The molecule has 0 spiro atoms. The van der Waals surface area contributed by atoms with Crippen molar-refractivity contribution in [1.82, 2.24) is 0 Å². The standard InChI is InChI=1S/C17H14ClNO/c1-12-5-4-7-13(9-12)15(11-19)10-14-6-2-3-8-16(14)17(18)20/h2-9,15H,10H2,1H3. The Bertz CT molecular complexity index is 673. The van der Waals surface area contributed by atoms with Gasteiger partial charge in [0, 0.05) is 5.56 Å². The lowest BCUT2D eigenvalue weighted by atomic mass is 9.90. The van der Waals surface area contributed by atoms with Crippen molar-refractivity contribution in [3.05, 3.63) is 70.8 Å². The van der Waals surface area contributed by atoms with Crippen molar-refractivity contribution < 1.29 is 4.79 Å². The van der Waals surface area contributed by atoms with Crippen LogP contribution in [0.4, 0.5) is 0 Å². The zero-order chi connectivity index (χ0) is 14.5. The van der Waals surface area contributed by atoms with Gasteiger partial charge in [0.25, 0.3) is 5.24 Å². The Morgan fingerprint density at radius 2 is 2.00 bits per heavy atom. The monoisotopic (exact) mass is 283 g/mol. The molecule has 100 valence electrons. The maximum Gasteiger partial charge on any atom is 0.252 e. The summed E-state index contributed by atoms with van der Waals surface area (Å²) in [6.45, 7) is 1.99. The molecule has 2 nitrogen and oxygen atoms in total. The highest BCUT2D eigenvalue weighted by Gasteiger charge is 2.16. The van der Waals surface area contributed by atoms with Crippen LogP contribution < -0.4 is 0 Å². The molecule has 0 saturated heterocycles. The number of rotatable bonds is 4. The number of carbonyl (C=O) groups excluding carboxylic acids is 1. The third kappa shape index (κ3) is 3.26. The molecule has 0 bridgehead atoms. The normalized spacial score (nSPS) is 11.7. The largest absolute Gasteiger partial charge is 0.276 e. The number of hydrogen-bond donors (Lipinski definition) is 0. The van der Waals surface area contributed by atoms with E-state index in [1.54, 1.807) is 12.1 Å². The Kier molecular flexibility index (Phi) is 4.55. The molecule has 0 heterocycles. The summed E-state index contributed by atoms with van der Waals surface area (Å²) in [5.41, 5.74) is 3.36. The van der Waals surface area contributed by atoms with Crippen LogP contribution in [0.25, 0.3) is 0 Å². The summed E-state index contributed by atoms with van der Waals surface area (Å²) in [7, 11) is 0. The van der Waals surface area contributed by atoms with E-state index in [4.69, 9.17) is 11.6 Å². The van der Waals surface area contributed by atoms with E-state index in [0.29, 0.717) is 12.0 Å². The van der Waals surface area contributed by atoms with Crippen LogP contribution in [0.3, 0.4) is 0 Å². The van der Waals surface area contributed by atoms with Crippen LogP contribution in [-0.4, -0.2) is 5.24 Å². The van der Waals surface area contributed by atoms with Gasteiger partial charge in [-0.1, -0.05) is 48.0 Å². The minimum Gasteiger partial charge on any atom is -0.276 e. The topological polar surface area (TPSA) is 40.9 Å². The van der Waals surface area contributed by atoms with Gasteiger partial charge in [-0.3, -0.25) is 4.79 Å². The van der Waals surface area contributed by atoms with Gasteiger partial charge in [-0.25, -0.2) is 0 Å². The van der Waals surface area contributed by atoms with Crippen molar-refractivity contribution >= 4 is 16.8 Å². The fraction of sp³-hybridized carbons (Fsp3) is 0.176. The maximum absolute atomic E-state index is 11.4. The average molecular weight is 284 g/mol. The third-order valence-electron chi connectivity index (χ3n) is 3.25. The van der Waals surface area contributed by atoms with E-state index >= 15 is 0 Å². The first-order valence-electron chi connectivity index (χ1n) is 6.35. The highest BCUT2D eigenvalue weighted by Crippen LogP contribution is 2.23. The van der Waals surface area contributed by atoms with Crippen molar-refractivity contribution in [1.29, 1.82) is 5.26 Å². The van der Waals surface area contributed by atoms with Crippen molar-refractivity contribution in [3.8, 4) is 6.07 Å². The average Bonchev–Trinajstić information content (AvgIpc) is 2.45. The van der Waals surface area contributed by atoms with Gasteiger partial charge < -0.3 is 0 Å². The van der Waals surface area contributed by atoms with Gasteiger partial charge in [-0.2, -0.15) is 5.26 Å². The molecule has 2 aromatic rings. The van der Waals surface area contributed by atoms with Crippen LogP contribution in [0.5, 0.6) is 0 Å².